The second-order valence-corrected chi connectivity index (χ2v) is 6.05. The van der Waals surface area contributed by atoms with Crippen LogP contribution in [0.2, 0.25) is 5.02 Å². The van der Waals surface area contributed by atoms with Crippen LogP contribution in [0.1, 0.15) is 25.8 Å². The summed E-state index contributed by atoms with van der Waals surface area (Å²) in [7, 11) is 0. The number of allylic oxidation sites excluding steroid dienone is 1. The third kappa shape index (κ3) is 6.49. The molecule has 1 fully saturated rings. The predicted octanol–water partition coefficient (Wildman–Crippen LogP) is 3.84. The maximum Gasteiger partial charge on any atom is 0.156 e. The molecule has 3 nitrogen and oxygen atoms in total. The summed E-state index contributed by atoms with van der Waals surface area (Å²) in [5, 5.41) is 0.703. The fourth-order valence-corrected chi connectivity index (χ4v) is 2.71. The second kappa shape index (κ2) is 9.31. The van der Waals surface area contributed by atoms with E-state index in [4.69, 9.17) is 16.3 Å². The standard InChI is InChI=1S/C17H22ClNO2.ClH/c1-13-11-19(12-14(2)21-13)10-9-17(20)8-5-15-3-6-16(18)7-4-15;/h3-8,13-14H,9-12H2,1-2H3;1H. The van der Waals surface area contributed by atoms with Gasteiger partial charge in [0, 0.05) is 31.1 Å². The molecule has 1 aromatic carbocycles. The van der Waals surface area contributed by atoms with Crippen LogP contribution in [-0.2, 0) is 9.53 Å². The molecule has 1 heterocycles. The lowest BCUT2D eigenvalue weighted by molar-refractivity contribution is -0.116. The minimum Gasteiger partial charge on any atom is -0.373 e. The Morgan fingerprint density at radius 3 is 2.45 bits per heavy atom. The zero-order chi connectivity index (χ0) is 15.2. The van der Waals surface area contributed by atoms with Crippen LogP contribution >= 0.6 is 24.0 Å². The number of carbonyl (C=O) groups is 1. The maximum atomic E-state index is 11.9. The van der Waals surface area contributed by atoms with Gasteiger partial charge < -0.3 is 4.74 Å². The SMILES string of the molecule is CC1CN(CCC(=O)C=Cc2ccc(Cl)cc2)CC(C)O1.Cl. The highest BCUT2D eigenvalue weighted by Crippen LogP contribution is 2.12. The van der Waals surface area contributed by atoms with Gasteiger partial charge in [0.2, 0.25) is 0 Å². The van der Waals surface area contributed by atoms with Crippen LogP contribution in [0.3, 0.4) is 0 Å². The summed E-state index contributed by atoms with van der Waals surface area (Å²) in [5.41, 5.74) is 0.987. The van der Waals surface area contributed by atoms with Crippen LogP contribution in [0.25, 0.3) is 6.08 Å². The molecule has 0 spiro atoms. The Hall–Kier alpha value is -0.870. The van der Waals surface area contributed by atoms with Gasteiger partial charge in [0.1, 0.15) is 0 Å². The van der Waals surface area contributed by atoms with Crippen LogP contribution in [-0.4, -0.2) is 42.5 Å². The van der Waals surface area contributed by atoms with Crippen LogP contribution in [0.15, 0.2) is 30.3 Å². The number of hydrogen-bond acceptors (Lipinski definition) is 3. The van der Waals surface area contributed by atoms with Crippen molar-refractivity contribution >= 4 is 35.9 Å². The molecule has 0 aromatic heterocycles. The van der Waals surface area contributed by atoms with Gasteiger partial charge in [-0.1, -0.05) is 29.8 Å². The molecule has 2 rings (SSSR count). The largest absolute Gasteiger partial charge is 0.373 e. The molecular formula is C17H23Cl2NO2. The zero-order valence-corrected chi connectivity index (χ0v) is 14.6. The van der Waals surface area contributed by atoms with Crippen molar-refractivity contribution in [3.05, 3.63) is 40.9 Å². The van der Waals surface area contributed by atoms with Crippen molar-refractivity contribution in [3.63, 3.8) is 0 Å². The fraction of sp³-hybridized carbons (Fsp3) is 0.471. The molecule has 0 bridgehead atoms. The first kappa shape index (κ1) is 19.2. The topological polar surface area (TPSA) is 29.5 Å². The Morgan fingerprint density at radius 2 is 1.86 bits per heavy atom. The summed E-state index contributed by atoms with van der Waals surface area (Å²) in [5.74, 6) is 0.150. The Bertz CT molecular complexity index is 492. The molecule has 0 radical (unpaired) electrons. The lowest BCUT2D eigenvalue weighted by atomic mass is 10.1. The zero-order valence-electron chi connectivity index (χ0n) is 13.0. The van der Waals surface area contributed by atoms with E-state index in [1.807, 2.05) is 30.3 Å². The van der Waals surface area contributed by atoms with Crippen molar-refractivity contribution in [2.45, 2.75) is 32.5 Å². The minimum absolute atomic E-state index is 0. The maximum absolute atomic E-state index is 11.9. The van der Waals surface area contributed by atoms with Gasteiger partial charge in [-0.15, -0.1) is 12.4 Å². The number of morpholine rings is 1. The first-order valence-corrected chi connectivity index (χ1v) is 7.75. The molecule has 2 atom stereocenters. The van der Waals surface area contributed by atoms with Gasteiger partial charge in [0.15, 0.2) is 5.78 Å². The van der Waals surface area contributed by atoms with Gasteiger partial charge in [0.05, 0.1) is 12.2 Å². The van der Waals surface area contributed by atoms with Crippen molar-refractivity contribution in [1.29, 1.82) is 0 Å². The van der Waals surface area contributed by atoms with Gasteiger partial charge in [-0.05, 0) is 37.6 Å². The summed E-state index contributed by atoms with van der Waals surface area (Å²) in [6, 6.07) is 7.44. The number of benzene rings is 1. The molecule has 1 aromatic rings. The van der Waals surface area contributed by atoms with E-state index in [-0.39, 0.29) is 30.4 Å². The molecular weight excluding hydrogens is 321 g/mol. The average molecular weight is 344 g/mol. The van der Waals surface area contributed by atoms with Crippen LogP contribution in [0, 0.1) is 0 Å². The number of carbonyl (C=O) groups excluding carboxylic acids is 1. The Morgan fingerprint density at radius 1 is 1.27 bits per heavy atom. The highest BCUT2D eigenvalue weighted by atomic mass is 35.5. The molecule has 22 heavy (non-hydrogen) atoms. The lowest BCUT2D eigenvalue weighted by Crippen LogP contribution is -2.45. The van der Waals surface area contributed by atoms with Crippen molar-refractivity contribution in [2.75, 3.05) is 19.6 Å². The Balaban J connectivity index is 0.00000242. The molecule has 122 valence electrons. The minimum atomic E-state index is 0. The molecule has 0 saturated carbocycles. The van der Waals surface area contributed by atoms with Crippen LogP contribution in [0.4, 0.5) is 0 Å². The molecule has 1 saturated heterocycles. The number of rotatable bonds is 5. The highest BCUT2D eigenvalue weighted by Gasteiger charge is 2.21. The average Bonchev–Trinajstić information content (AvgIpc) is 2.43. The lowest BCUT2D eigenvalue weighted by Gasteiger charge is -2.35. The predicted molar refractivity (Wildman–Crippen MR) is 93.8 cm³/mol. The van der Waals surface area contributed by atoms with E-state index in [9.17, 15) is 4.79 Å². The summed E-state index contributed by atoms with van der Waals surface area (Å²) in [6.45, 7) is 6.74. The number of nitrogens with zero attached hydrogens (tertiary/aromatic N) is 1. The van der Waals surface area contributed by atoms with Gasteiger partial charge in [-0.25, -0.2) is 0 Å². The number of ether oxygens (including phenoxy) is 1. The second-order valence-electron chi connectivity index (χ2n) is 5.62. The van der Waals surface area contributed by atoms with Crippen molar-refractivity contribution in [2.24, 2.45) is 0 Å². The third-order valence-corrected chi connectivity index (χ3v) is 3.75. The van der Waals surface area contributed by atoms with E-state index in [1.165, 1.54) is 0 Å². The highest BCUT2D eigenvalue weighted by molar-refractivity contribution is 6.30. The molecule has 0 N–H and O–H groups in total. The quantitative estimate of drug-likeness (QED) is 0.760. The normalized spacial score (nSPS) is 22.5. The van der Waals surface area contributed by atoms with Crippen molar-refractivity contribution in [1.82, 2.24) is 4.90 Å². The van der Waals surface area contributed by atoms with E-state index in [0.717, 1.165) is 25.2 Å². The van der Waals surface area contributed by atoms with E-state index in [0.29, 0.717) is 11.4 Å². The van der Waals surface area contributed by atoms with E-state index >= 15 is 0 Å². The number of halogens is 2. The van der Waals surface area contributed by atoms with Gasteiger partial charge in [0.25, 0.3) is 0 Å². The van der Waals surface area contributed by atoms with Crippen LogP contribution in [0.5, 0.6) is 0 Å². The molecule has 0 amide bonds. The summed E-state index contributed by atoms with van der Waals surface area (Å²) < 4.78 is 5.69. The monoisotopic (exact) mass is 343 g/mol. The molecule has 0 aliphatic carbocycles. The molecule has 1 aliphatic heterocycles. The van der Waals surface area contributed by atoms with E-state index in [2.05, 4.69) is 18.7 Å². The first-order chi connectivity index (χ1) is 10.0. The third-order valence-electron chi connectivity index (χ3n) is 3.50. The van der Waals surface area contributed by atoms with Crippen molar-refractivity contribution in [3.8, 4) is 0 Å². The Kier molecular flexibility index (Phi) is 8.12. The van der Waals surface area contributed by atoms with Crippen LogP contribution < -0.4 is 0 Å². The summed E-state index contributed by atoms with van der Waals surface area (Å²) in [6.07, 6.45) is 4.52. The van der Waals surface area contributed by atoms with Crippen molar-refractivity contribution < 1.29 is 9.53 Å². The summed E-state index contributed by atoms with van der Waals surface area (Å²) in [4.78, 5) is 14.2. The fourth-order valence-electron chi connectivity index (χ4n) is 2.58. The summed E-state index contributed by atoms with van der Waals surface area (Å²) >= 11 is 5.83. The van der Waals surface area contributed by atoms with E-state index < -0.39 is 0 Å². The van der Waals surface area contributed by atoms with E-state index in [1.54, 1.807) is 6.08 Å². The number of hydrogen-bond donors (Lipinski definition) is 0. The molecule has 1 aliphatic rings. The van der Waals surface area contributed by atoms with Gasteiger partial charge in [-0.3, -0.25) is 9.69 Å². The first-order valence-electron chi connectivity index (χ1n) is 7.37. The Labute approximate surface area is 143 Å². The van der Waals surface area contributed by atoms with Gasteiger partial charge >= 0.3 is 0 Å². The molecule has 2 unspecified atom stereocenters. The number of ketones is 1. The molecule has 5 heteroatoms. The smallest absolute Gasteiger partial charge is 0.156 e. The van der Waals surface area contributed by atoms with Gasteiger partial charge in [-0.2, -0.15) is 0 Å².